The van der Waals surface area contributed by atoms with Crippen molar-refractivity contribution in [3.63, 3.8) is 0 Å². The second-order valence-corrected chi connectivity index (χ2v) is 7.59. The number of carbonyl (C=O) groups is 2. The maximum absolute atomic E-state index is 13.3. The minimum absolute atomic E-state index is 0.214. The molecule has 0 aliphatic carbocycles. The second-order valence-electron chi connectivity index (χ2n) is 7.59. The molecule has 1 N–H and O–H groups in total. The van der Waals surface area contributed by atoms with Gasteiger partial charge in [-0.25, -0.2) is 4.68 Å². The highest BCUT2D eigenvalue weighted by Crippen LogP contribution is 2.24. The fraction of sp³-hybridized carbons (Fsp3) is 0.348. The van der Waals surface area contributed by atoms with E-state index in [1.165, 1.54) is 6.20 Å². The number of aromatic nitrogens is 4. The van der Waals surface area contributed by atoms with Crippen molar-refractivity contribution in [1.82, 2.24) is 24.9 Å². The first-order chi connectivity index (χ1) is 16.0. The number of nitrogens with zero attached hydrogens (tertiary/aromatic N) is 5. The number of anilines is 1. The molecule has 1 fully saturated rings. The largest absolute Gasteiger partial charge is 0.497 e. The number of benzene rings is 1. The predicted molar refractivity (Wildman–Crippen MR) is 121 cm³/mol. The van der Waals surface area contributed by atoms with Crippen LogP contribution in [0.15, 0.2) is 42.6 Å². The van der Waals surface area contributed by atoms with E-state index in [2.05, 4.69) is 20.6 Å². The summed E-state index contributed by atoms with van der Waals surface area (Å²) in [6, 6.07) is 9.96. The molecule has 3 heterocycles. The normalized spacial score (nSPS) is 15.4. The smallest absolute Gasteiger partial charge is 0.258 e. The molecule has 1 aliphatic heterocycles. The number of amides is 2. The van der Waals surface area contributed by atoms with Crippen LogP contribution in [0, 0.1) is 6.92 Å². The lowest BCUT2D eigenvalue weighted by Gasteiger charge is -2.24. The summed E-state index contributed by atoms with van der Waals surface area (Å²) in [6.45, 7) is 4.67. The Morgan fingerprint density at radius 2 is 1.94 bits per heavy atom. The van der Waals surface area contributed by atoms with Gasteiger partial charge in [-0.15, -0.1) is 10.2 Å². The number of hydrogen-bond donors (Lipinski definition) is 1. The molecule has 10 heteroatoms. The van der Waals surface area contributed by atoms with Crippen molar-refractivity contribution in [3.05, 3.63) is 53.9 Å². The molecule has 4 rings (SSSR count). The summed E-state index contributed by atoms with van der Waals surface area (Å²) < 4.78 is 12.0. The summed E-state index contributed by atoms with van der Waals surface area (Å²) >= 11 is 0. The van der Waals surface area contributed by atoms with Gasteiger partial charge in [0, 0.05) is 18.3 Å². The fourth-order valence-corrected chi connectivity index (χ4v) is 3.84. The summed E-state index contributed by atoms with van der Waals surface area (Å²) in [5, 5.41) is 15.4. The first-order valence-electron chi connectivity index (χ1n) is 10.8. The molecule has 172 valence electrons. The summed E-state index contributed by atoms with van der Waals surface area (Å²) in [4.78, 5) is 27.9. The molecule has 33 heavy (non-hydrogen) atoms. The standard InChI is InChI=1S/C23H26N6O4/c1-4-33-21-12-11-20(26-27-21)29-15(2)18(14-24-29)23(31)28-13-5-6-19(28)22(30)25-16-7-9-17(32-3)10-8-16/h7-12,14,19H,4-6,13H2,1-3H3,(H,25,30)/t19-/m0/s1. The number of methoxy groups -OCH3 is 1. The maximum atomic E-state index is 13.3. The van der Waals surface area contributed by atoms with Gasteiger partial charge in [-0.1, -0.05) is 0 Å². The zero-order valence-electron chi connectivity index (χ0n) is 18.8. The lowest BCUT2D eigenvalue weighted by atomic mass is 10.1. The summed E-state index contributed by atoms with van der Waals surface area (Å²) in [5.41, 5.74) is 1.70. The van der Waals surface area contributed by atoms with Crippen LogP contribution in [-0.4, -0.2) is 63.0 Å². The Labute approximate surface area is 191 Å². The number of rotatable bonds is 7. The van der Waals surface area contributed by atoms with E-state index in [4.69, 9.17) is 9.47 Å². The molecule has 1 aromatic carbocycles. The molecule has 1 aliphatic rings. The highest BCUT2D eigenvalue weighted by Gasteiger charge is 2.36. The van der Waals surface area contributed by atoms with E-state index in [0.717, 1.165) is 6.42 Å². The monoisotopic (exact) mass is 450 g/mol. The quantitative estimate of drug-likeness (QED) is 0.589. The first kappa shape index (κ1) is 22.3. The highest BCUT2D eigenvalue weighted by molar-refractivity contribution is 6.02. The summed E-state index contributed by atoms with van der Waals surface area (Å²) in [7, 11) is 1.59. The van der Waals surface area contributed by atoms with Gasteiger partial charge in [-0.2, -0.15) is 5.10 Å². The van der Waals surface area contributed by atoms with Crippen molar-refractivity contribution in [3.8, 4) is 17.4 Å². The number of hydrogen-bond acceptors (Lipinski definition) is 7. The molecule has 1 saturated heterocycles. The number of nitrogens with one attached hydrogen (secondary N) is 1. The van der Waals surface area contributed by atoms with Crippen LogP contribution in [0.1, 0.15) is 35.8 Å². The van der Waals surface area contributed by atoms with E-state index in [0.29, 0.717) is 54.0 Å². The van der Waals surface area contributed by atoms with Crippen LogP contribution in [0.2, 0.25) is 0 Å². The number of carbonyl (C=O) groups excluding carboxylic acids is 2. The van der Waals surface area contributed by atoms with Crippen LogP contribution < -0.4 is 14.8 Å². The molecule has 0 radical (unpaired) electrons. The van der Waals surface area contributed by atoms with Crippen LogP contribution in [0.25, 0.3) is 5.82 Å². The zero-order chi connectivity index (χ0) is 23.4. The lowest BCUT2D eigenvalue weighted by Crippen LogP contribution is -2.43. The van der Waals surface area contributed by atoms with Gasteiger partial charge in [0.2, 0.25) is 11.8 Å². The van der Waals surface area contributed by atoms with Crippen LogP contribution in [-0.2, 0) is 4.79 Å². The molecule has 0 bridgehead atoms. The number of likely N-dealkylation sites (tertiary alicyclic amines) is 1. The third-order valence-corrected chi connectivity index (χ3v) is 5.55. The minimum atomic E-state index is -0.549. The van der Waals surface area contributed by atoms with Gasteiger partial charge in [-0.05, 0) is 57.0 Å². The van der Waals surface area contributed by atoms with Gasteiger partial charge < -0.3 is 19.7 Å². The number of ether oxygens (including phenoxy) is 2. The van der Waals surface area contributed by atoms with E-state index in [-0.39, 0.29) is 11.8 Å². The minimum Gasteiger partial charge on any atom is -0.497 e. The van der Waals surface area contributed by atoms with Gasteiger partial charge in [-0.3, -0.25) is 9.59 Å². The van der Waals surface area contributed by atoms with E-state index >= 15 is 0 Å². The van der Waals surface area contributed by atoms with Crippen molar-refractivity contribution in [2.24, 2.45) is 0 Å². The molecule has 0 unspecified atom stereocenters. The lowest BCUT2D eigenvalue weighted by molar-refractivity contribution is -0.119. The third kappa shape index (κ3) is 4.64. The van der Waals surface area contributed by atoms with Crippen molar-refractivity contribution < 1.29 is 19.1 Å². The van der Waals surface area contributed by atoms with E-state index in [9.17, 15) is 9.59 Å². The Kier molecular flexibility index (Phi) is 6.53. The van der Waals surface area contributed by atoms with Crippen molar-refractivity contribution in [1.29, 1.82) is 0 Å². The molecule has 2 aromatic heterocycles. The Morgan fingerprint density at radius 3 is 2.61 bits per heavy atom. The van der Waals surface area contributed by atoms with Crippen molar-refractivity contribution >= 4 is 17.5 Å². The van der Waals surface area contributed by atoms with E-state index in [1.807, 2.05) is 6.92 Å². The van der Waals surface area contributed by atoms with Gasteiger partial charge in [0.25, 0.3) is 5.91 Å². The zero-order valence-corrected chi connectivity index (χ0v) is 18.8. The average molecular weight is 450 g/mol. The molecule has 1 atom stereocenters. The third-order valence-electron chi connectivity index (χ3n) is 5.55. The summed E-state index contributed by atoms with van der Waals surface area (Å²) in [6.07, 6.45) is 2.86. The SMILES string of the molecule is CCOc1ccc(-n2ncc(C(=O)N3CCC[C@H]3C(=O)Nc3ccc(OC)cc3)c2C)nn1. The van der Waals surface area contributed by atoms with Crippen molar-refractivity contribution in [2.75, 3.05) is 25.6 Å². The molecule has 3 aromatic rings. The molecular formula is C23H26N6O4. The van der Waals surface area contributed by atoms with Crippen molar-refractivity contribution in [2.45, 2.75) is 32.7 Å². The topological polar surface area (TPSA) is 111 Å². The van der Waals surface area contributed by atoms with Crippen LogP contribution >= 0.6 is 0 Å². The van der Waals surface area contributed by atoms with Crippen LogP contribution in [0.3, 0.4) is 0 Å². The Bertz CT molecular complexity index is 1130. The molecular weight excluding hydrogens is 424 g/mol. The molecule has 0 saturated carbocycles. The average Bonchev–Trinajstić information content (AvgIpc) is 3.47. The maximum Gasteiger partial charge on any atom is 0.258 e. The molecule has 0 spiro atoms. The predicted octanol–water partition coefficient (Wildman–Crippen LogP) is 2.62. The Morgan fingerprint density at radius 1 is 1.15 bits per heavy atom. The summed E-state index contributed by atoms with van der Waals surface area (Å²) in [5.74, 6) is 1.16. The second kappa shape index (κ2) is 9.68. The molecule has 10 nitrogen and oxygen atoms in total. The van der Waals surface area contributed by atoms with Gasteiger partial charge >= 0.3 is 0 Å². The van der Waals surface area contributed by atoms with Gasteiger partial charge in [0.15, 0.2) is 5.82 Å². The first-order valence-corrected chi connectivity index (χ1v) is 10.8. The van der Waals surface area contributed by atoms with Gasteiger partial charge in [0.05, 0.1) is 31.2 Å². The highest BCUT2D eigenvalue weighted by atomic mass is 16.5. The molecule has 2 amide bonds. The Balaban J connectivity index is 1.49. The van der Waals surface area contributed by atoms with E-state index < -0.39 is 6.04 Å². The van der Waals surface area contributed by atoms with Gasteiger partial charge in [0.1, 0.15) is 11.8 Å². The van der Waals surface area contributed by atoms with Crippen LogP contribution in [0.5, 0.6) is 11.6 Å². The van der Waals surface area contributed by atoms with E-state index in [1.54, 1.807) is 60.0 Å². The van der Waals surface area contributed by atoms with Crippen LogP contribution in [0.4, 0.5) is 5.69 Å². The Hall–Kier alpha value is -3.95. The fourth-order valence-electron chi connectivity index (χ4n) is 3.84.